The Balaban J connectivity index is 1.25. The van der Waals surface area contributed by atoms with E-state index in [-0.39, 0.29) is 37.1 Å². The van der Waals surface area contributed by atoms with Crippen LogP contribution < -0.4 is 10.1 Å². The second-order valence-corrected chi connectivity index (χ2v) is 16.3. The Morgan fingerprint density at radius 1 is 0.792 bits per heavy atom. The van der Waals surface area contributed by atoms with E-state index in [1.54, 1.807) is 76.7 Å². The monoisotopic (exact) mass is 703 g/mol. The number of esters is 1. The summed E-state index contributed by atoms with van der Waals surface area (Å²) in [5.74, 6) is -0.192. The second-order valence-electron chi connectivity index (χ2n) is 12.8. The summed E-state index contributed by atoms with van der Waals surface area (Å²) >= 11 is 1.57. The highest BCUT2D eigenvalue weighted by Crippen LogP contribution is 2.38. The van der Waals surface area contributed by atoms with Gasteiger partial charge in [0.25, 0.3) is 0 Å². The van der Waals surface area contributed by atoms with Gasteiger partial charge >= 0.3 is 5.97 Å². The summed E-state index contributed by atoms with van der Waals surface area (Å²) in [4.78, 5) is 20.6. The fraction of sp³-hybridized carbons (Fsp3) is 0.500. The van der Waals surface area contributed by atoms with Crippen molar-refractivity contribution in [2.45, 2.75) is 56.8 Å². The number of carbonyl (C=O) groups is 1. The van der Waals surface area contributed by atoms with Crippen LogP contribution >= 0.6 is 11.3 Å². The van der Waals surface area contributed by atoms with Crippen LogP contribution in [0.4, 0.5) is 11.4 Å². The van der Waals surface area contributed by atoms with Gasteiger partial charge in [0.15, 0.2) is 9.84 Å². The van der Waals surface area contributed by atoms with Gasteiger partial charge in [-0.05, 0) is 71.9 Å². The SMILES string of the molecule is CC(C)(C)OC(=O)COCCOCCOCCOCCOc1cc2nccc(Nc3ccc4scnc4c3)c2cc1S(=O)(=O)C(C)(C)C. The normalized spacial score (nSPS) is 12.5. The number of carbonyl (C=O) groups excluding carboxylic acids is 1. The van der Waals surface area contributed by atoms with Crippen molar-refractivity contribution in [3.63, 3.8) is 0 Å². The van der Waals surface area contributed by atoms with Crippen molar-refractivity contribution < 1.29 is 41.6 Å². The van der Waals surface area contributed by atoms with E-state index in [0.717, 1.165) is 15.9 Å². The number of thiazole rings is 1. The molecule has 0 atom stereocenters. The van der Waals surface area contributed by atoms with Crippen LogP contribution in [0.2, 0.25) is 0 Å². The van der Waals surface area contributed by atoms with Crippen LogP contribution in [0, 0.1) is 0 Å². The molecule has 0 aliphatic rings. The van der Waals surface area contributed by atoms with Crippen LogP contribution in [0.25, 0.3) is 21.1 Å². The molecule has 0 spiro atoms. The number of aromatic nitrogens is 2. The number of nitrogens with zero attached hydrogens (tertiary/aromatic N) is 2. The van der Waals surface area contributed by atoms with E-state index in [1.807, 2.05) is 24.3 Å². The minimum Gasteiger partial charge on any atom is -0.490 e. The van der Waals surface area contributed by atoms with Crippen molar-refractivity contribution in [2.75, 3.05) is 64.8 Å². The van der Waals surface area contributed by atoms with Crippen LogP contribution in [0.1, 0.15) is 41.5 Å². The molecule has 2 aromatic heterocycles. The molecule has 2 aromatic carbocycles. The number of fused-ring (bicyclic) bond motifs is 2. The average Bonchev–Trinajstić information content (AvgIpc) is 3.47. The van der Waals surface area contributed by atoms with Gasteiger partial charge in [0.1, 0.15) is 29.5 Å². The summed E-state index contributed by atoms with van der Waals surface area (Å²) in [5.41, 5.74) is 4.28. The number of hydrogen-bond acceptors (Lipinski definition) is 13. The predicted molar refractivity (Wildman–Crippen MR) is 186 cm³/mol. The quantitative estimate of drug-likeness (QED) is 0.0966. The minimum atomic E-state index is -3.78. The number of anilines is 2. The topological polar surface area (TPSA) is 144 Å². The van der Waals surface area contributed by atoms with Crippen LogP contribution in [0.15, 0.2) is 53.0 Å². The Kier molecular flexibility index (Phi) is 13.1. The van der Waals surface area contributed by atoms with Crippen molar-refractivity contribution in [1.82, 2.24) is 9.97 Å². The third-order valence-corrected chi connectivity index (χ3v) is 10.1. The maximum absolute atomic E-state index is 13.7. The molecule has 0 radical (unpaired) electrons. The highest BCUT2D eigenvalue weighted by Gasteiger charge is 2.34. The van der Waals surface area contributed by atoms with E-state index < -0.39 is 26.2 Å². The standard InChI is InChI=1S/C34H45N3O9S2/c1-33(2,3)46-32(38)22-44-16-15-42-12-11-41-13-14-43-17-18-45-29-21-27-25(20-31(29)48(39,40)34(4,5)6)26(9-10-35-27)37-24-7-8-30-28(19-24)36-23-47-30/h7-10,19-21,23H,11-18,22H2,1-6H3,(H,35,37). The second kappa shape index (κ2) is 16.8. The molecule has 48 heavy (non-hydrogen) atoms. The lowest BCUT2D eigenvalue weighted by molar-refractivity contribution is -0.160. The summed E-state index contributed by atoms with van der Waals surface area (Å²) < 4.78 is 60.4. The van der Waals surface area contributed by atoms with Gasteiger partial charge in [-0.25, -0.2) is 18.2 Å². The van der Waals surface area contributed by atoms with Crippen LogP contribution in [0.3, 0.4) is 0 Å². The molecule has 0 fully saturated rings. The molecule has 0 saturated heterocycles. The molecule has 2 heterocycles. The average molecular weight is 704 g/mol. The predicted octanol–water partition coefficient (Wildman–Crippen LogP) is 5.95. The van der Waals surface area contributed by atoms with Gasteiger partial charge in [-0.15, -0.1) is 11.3 Å². The van der Waals surface area contributed by atoms with E-state index in [9.17, 15) is 13.2 Å². The first-order chi connectivity index (χ1) is 22.7. The fourth-order valence-electron chi connectivity index (χ4n) is 4.40. The number of rotatable bonds is 18. The molecule has 0 unspecified atom stereocenters. The molecule has 0 aliphatic carbocycles. The van der Waals surface area contributed by atoms with Gasteiger partial charge in [-0.1, -0.05) is 0 Å². The van der Waals surface area contributed by atoms with E-state index >= 15 is 0 Å². The molecule has 4 aromatic rings. The number of sulfone groups is 1. The summed E-state index contributed by atoms with van der Waals surface area (Å²) in [6.07, 6.45) is 1.67. The third kappa shape index (κ3) is 10.8. The lowest BCUT2D eigenvalue weighted by atomic mass is 10.1. The molecule has 1 N–H and O–H groups in total. The van der Waals surface area contributed by atoms with Crippen molar-refractivity contribution in [3.05, 3.63) is 48.1 Å². The van der Waals surface area contributed by atoms with Crippen molar-refractivity contribution in [3.8, 4) is 5.75 Å². The first-order valence-corrected chi connectivity index (χ1v) is 18.0. The highest BCUT2D eigenvalue weighted by atomic mass is 32.2. The Labute approximate surface area is 286 Å². The third-order valence-electron chi connectivity index (χ3n) is 6.75. The molecule has 12 nitrogen and oxygen atoms in total. The number of pyridine rings is 1. The maximum Gasteiger partial charge on any atom is 0.332 e. The lowest BCUT2D eigenvalue weighted by Crippen LogP contribution is -2.28. The summed E-state index contributed by atoms with van der Waals surface area (Å²) in [6, 6.07) is 11.0. The van der Waals surface area contributed by atoms with E-state index in [1.165, 1.54) is 0 Å². The van der Waals surface area contributed by atoms with Gasteiger partial charge in [0, 0.05) is 29.0 Å². The first kappa shape index (κ1) is 37.4. The molecule has 14 heteroatoms. The number of hydrogen-bond donors (Lipinski definition) is 1. The zero-order valence-electron chi connectivity index (χ0n) is 28.4. The molecule has 4 rings (SSSR count). The summed E-state index contributed by atoms with van der Waals surface area (Å²) in [6.45, 7) is 12.7. The van der Waals surface area contributed by atoms with Gasteiger partial charge in [0.05, 0.1) is 72.2 Å². The Morgan fingerprint density at radius 3 is 2.08 bits per heavy atom. The number of nitrogens with one attached hydrogen (secondary N) is 1. The zero-order valence-corrected chi connectivity index (χ0v) is 30.0. The highest BCUT2D eigenvalue weighted by molar-refractivity contribution is 7.92. The molecule has 0 saturated carbocycles. The zero-order chi connectivity index (χ0) is 34.8. The number of benzene rings is 2. The van der Waals surface area contributed by atoms with Crippen LogP contribution in [-0.2, 0) is 38.3 Å². The molecular weight excluding hydrogens is 659 g/mol. The van der Waals surface area contributed by atoms with E-state index in [2.05, 4.69) is 15.3 Å². The van der Waals surface area contributed by atoms with Gasteiger partial charge in [-0.2, -0.15) is 0 Å². The Morgan fingerprint density at radius 2 is 1.44 bits per heavy atom. The van der Waals surface area contributed by atoms with Crippen molar-refractivity contribution >= 4 is 59.6 Å². The minimum absolute atomic E-state index is 0.0899. The van der Waals surface area contributed by atoms with E-state index in [4.69, 9.17) is 28.4 Å². The molecular formula is C34H45N3O9S2. The van der Waals surface area contributed by atoms with Crippen LogP contribution in [-0.4, -0.2) is 94.2 Å². The molecule has 0 aliphatic heterocycles. The maximum atomic E-state index is 13.7. The molecule has 0 amide bonds. The number of ether oxygens (including phenoxy) is 6. The van der Waals surface area contributed by atoms with Gasteiger partial charge < -0.3 is 33.7 Å². The Bertz CT molecular complexity index is 1760. The van der Waals surface area contributed by atoms with Crippen molar-refractivity contribution in [1.29, 1.82) is 0 Å². The Hall–Kier alpha value is -3.40. The lowest BCUT2D eigenvalue weighted by Gasteiger charge is -2.22. The largest absolute Gasteiger partial charge is 0.490 e. The van der Waals surface area contributed by atoms with E-state index in [0.29, 0.717) is 49.6 Å². The van der Waals surface area contributed by atoms with Crippen molar-refractivity contribution in [2.24, 2.45) is 0 Å². The van der Waals surface area contributed by atoms with Gasteiger partial charge in [0.2, 0.25) is 0 Å². The molecule has 0 bridgehead atoms. The first-order valence-electron chi connectivity index (χ1n) is 15.7. The van der Waals surface area contributed by atoms with Gasteiger partial charge in [-0.3, -0.25) is 4.98 Å². The summed E-state index contributed by atoms with van der Waals surface area (Å²) in [5, 5.41) is 4.05. The fourth-order valence-corrected chi connectivity index (χ4v) is 6.38. The summed E-state index contributed by atoms with van der Waals surface area (Å²) in [7, 11) is -3.78. The molecule has 262 valence electrons. The smallest absolute Gasteiger partial charge is 0.332 e. The van der Waals surface area contributed by atoms with Crippen LogP contribution in [0.5, 0.6) is 5.75 Å².